The molecule has 1 heterocycles. The summed E-state index contributed by atoms with van der Waals surface area (Å²) in [5, 5.41) is 2.58. The van der Waals surface area contributed by atoms with Gasteiger partial charge in [0.25, 0.3) is 0 Å². The lowest BCUT2D eigenvalue weighted by atomic mass is 10.3. The number of rotatable bonds is 5. The molecule has 1 rings (SSSR count). The SMILES string of the molecule is CCCN(CC(=O)NC)c1ncncc1N. The second-order valence-corrected chi connectivity index (χ2v) is 3.40. The Hall–Kier alpha value is -1.85. The summed E-state index contributed by atoms with van der Waals surface area (Å²) in [6, 6.07) is 0. The van der Waals surface area contributed by atoms with Gasteiger partial charge in [-0.1, -0.05) is 6.92 Å². The van der Waals surface area contributed by atoms with E-state index in [9.17, 15) is 4.79 Å². The fourth-order valence-electron chi connectivity index (χ4n) is 1.38. The highest BCUT2D eigenvalue weighted by molar-refractivity contribution is 5.81. The molecule has 0 aliphatic carbocycles. The van der Waals surface area contributed by atoms with Crippen molar-refractivity contribution in [2.75, 3.05) is 30.8 Å². The highest BCUT2D eigenvalue weighted by atomic mass is 16.1. The Bertz CT molecular complexity index is 355. The van der Waals surface area contributed by atoms with Crippen molar-refractivity contribution in [1.82, 2.24) is 15.3 Å². The standard InChI is InChI=1S/C10H17N5O/c1-3-4-15(6-9(16)12-2)10-8(11)5-13-7-14-10/h5,7H,3-4,6,11H2,1-2H3,(H,12,16). The zero-order valence-electron chi connectivity index (χ0n) is 9.60. The quantitative estimate of drug-likeness (QED) is 0.735. The number of nitrogens with two attached hydrogens (primary N) is 1. The molecule has 0 saturated heterocycles. The lowest BCUT2D eigenvalue weighted by Gasteiger charge is -2.22. The maximum Gasteiger partial charge on any atom is 0.239 e. The minimum atomic E-state index is -0.0635. The molecule has 0 spiro atoms. The van der Waals surface area contributed by atoms with Gasteiger partial charge in [0.05, 0.1) is 18.4 Å². The van der Waals surface area contributed by atoms with E-state index in [2.05, 4.69) is 15.3 Å². The predicted molar refractivity (Wildman–Crippen MR) is 63.0 cm³/mol. The minimum Gasteiger partial charge on any atom is -0.394 e. The summed E-state index contributed by atoms with van der Waals surface area (Å²) in [5.74, 6) is 0.548. The number of carbonyl (C=O) groups excluding carboxylic acids is 1. The molecule has 3 N–H and O–H groups in total. The summed E-state index contributed by atoms with van der Waals surface area (Å²) in [5.41, 5.74) is 6.26. The van der Waals surface area contributed by atoms with Gasteiger partial charge in [-0.3, -0.25) is 4.79 Å². The number of carbonyl (C=O) groups is 1. The van der Waals surface area contributed by atoms with E-state index in [-0.39, 0.29) is 12.5 Å². The van der Waals surface area contributed by atoms with E-state index < -0.39 is 0 Å². The van der Waals surface area contributed by atoms with Crippen LogP contribution in [0.25, 0.3) is 0 Å². The molecule has 0 aliphatic heterocycles. The number of amides is 1. The molecule has 6 heteroatoms. The third-order valence-electron chi connectivity index (χ3n) is 2.12. The van der Waals surface area contributed by atoms with Gasteiger partial charge in [0.2, 0.25) is 5.91 Å². The number of nitrogen functional groups attached to an aromatic ring is 1. The normalized spacial score (nSPS) is 9.88. The van der Waals surface area contributed by atoms with Crippen LogP contribution in [0.15, 0.2) is 12.5 Å². The first-order valence-corrected chi connectivity index (χ1v) is 5.20. The number of nitrogens with one attached hydrogen (secondary N) is 1. The van der Waals surface area contributed by atoms with Crippen LogP contribution in [0.2, 0.25) is 0 Å². The third kappa shape index (κ3) is 3.08. The molecule has 88 valence electrons. The summed E-state index contributed by atoms with van der Waals surface area (Å²) < 4.78 is 0. The molecular formula is C10H17N5O. The Balaban J connectivity index is 2.85. The molecular weight excluding hydrogens is 206 g/mol. The van der Waals surface area contributed by atoms with Crippen LogP contribution in [-0.4, -0.2) is 36.0 Å². The fraction of sp³-hybridized carbons (Fsp3) is 0.500. The van der Waals surface area contributed by atoms with Crippen molar-refractivity contribution in [2.24, 2.45) is 0 Å². The number of aromatic nitrogens is 2. The molecule has 0 bridgehead atoms. The topological polar surface area (TPSA) is 84.1 Å². The summed E-state index contributed by atoms with van der Waals surface area (Å²) in [6.07, 6.45) is 3.88. The molecule has 0 saturated carbocycles. The fourth-order valence-corrected chi connectivity index (χ4v) is 1.38. The molecule has 16 heavy (non-hydrogen) atoms. The van der Waals surface area contributed by atoms with E-state index in [1.165, 1.54) is 12.5 Å². The van der Waals surface area contributed by atoms with Crippen LogP contribution in [-0.2, 0) is 4.79 Å². The maximum absolute atomic E-state index is 11.3. The number of nitrogens with zero attached hydrogens (tertiary/aromatic N) is 3. The van der Waals surface area contributed by atoms with E-state index in [0.717, 1.165) is 13.0 Å². The van der Waals surface area contributed by atoms with Gasteiger partial charge >= 0.3 is 0 Å². The molecule has 0 aromatic carbocycles. The molecule has 0 unspecified atom stereocenters. The second-order valence-electron chi connectivity index (χ2n) is 3.40. The van der Waals surface area contributed by atoms with Crippen molar-refractivity contribution < 1.29 is 4.79 Å². The summed E-state index contributed by atoms with van der Waals surface area (Å²) >= 11 is 0. The van der Waals surface area contributed by atoms with Crippen molar-refractivity contribution in [3.8, 4) is 0 Å². The second kappa shape index (κ2) is 5.89. The van der Waals surface area contributed by atoms with Gasteiger partial charge in [0.15, 0.2) is 5.82 Å². The van der Waals surface area contributed by atoms with E-state index in [0.29, 0.717) is 11.5 Å². The average molecular weight is 223 g/mol. The number of hydrogen-bond acceptors (Lipinski definition) is 5. The Morgan fingerprint density at radius 1 is 1.62 bits per heavy atom. The average Bonchev–Trinajstić information content (AvgIpc) is 2.29. The Kier molecular flexibility index (Phi) is 4.50. The molecule has 0 atom stereocenters. The number of hydrogen-bond donors (Lipinski definition) is 2. The van der Waals surface area contributed by atoms with Crippen LogP contribution in [0.3, 0.4) is 0 Å². The molecule has 6 nitrogen and oxygen atoms in total. The summed E-state index contributed by atoms with van der Waals surface area (Å²) in [6.45, 7) is 3.02. The first-order chi connectivity index (χ1) is 7.69. The first kappa shape index (κ1) is 12.2. The molecule has 0 radical (unpaired) electrons. The molecule has 1 aromatic rings. The van der Waals surface area contributed by atoms with Crippen molar-refractivity contribution in [3.63, 3.8) is 0 Å². The van der Waals surface area contributed by atoms with Crippen molar-refractivity contribution in [1.29, 1.82) is 0 Å². The van der Waals surface area contributed by atoms with E-state index >= 15 is 0 Å². The predicted octanol–water partition coefficient (Wildman–Crippen LogP) is 0.0212. The van der Waals surface area contributed by atoms with Gasteiger partial charge in [-0.15, -0.1) is 0 Å². The number of anilines is 2. The summed E-state index contributed by atoms with van der Waals surface area (Å²) in [7, 11) is 1.61. The molecule has 1 aromatic heterocycles. The van der Waals surface area contributed by atoms with Crippen molar-refractivity contribution in [3.05, 3.63) is 12.5 Å². The Labute approximate surface area is 94.9 Å². The maximum atomic E-state index is 11.3. The van der Waals surface area contributed by atoms with Crippen LogP contribution >= 0.6 is 0 Å². The zero-order valence-corrected chi connectivity index (χ0v) is 9.60. The van der Waals surface area contributed by atoms with Gasteiger partial charge in [-0.2, -0.15) is 0 Å². The zero-order chi connectivity index (χ0) is 12.0. The van der Waals surface area contributed by atoms with Crippen molar-refractivity contribution in [2.45, 2.75) is 13.3 Å². The van der Waals surface area contributed by atoms with Gasteiger partial charge in [0.1, 0.15) is 6.33 Å². The van der Waals surface area contributed by atoms with E-state index in [4.69, 9.17) is 5.73 Å². The van der Waals surface area contributed by atoms with Gasteiger partial charge in [-0.05, 0) is 6.42 Å². The van der Waals surface area contributed by atoms with Crippen LogP contribution < -0.4 is 16.0 Å². The van der Waals surface area contributed by atoms with E-state index in [1.807, 2.05) is 11.8 Å². The van der Waals surface area contributed by atoms with Crippen LogP contribution in [0.1, 0.15) is 13.3 Å². The van der Waals surface area contributed by atoms with Gasteiger partial charge in [-0.25, -0.2) is 9.97 Å². The Morgan fingerprint density at radius 3 is 2.94 bits per heavy atom. The van der Waals surface area contributed by atoms with E-state index in [1.54, 1.807) is 7.05 Å². The van der Waals surface area contributed by atoms with Crippen LogP contribution in [0.5, 0.6) is 0 Å². The minimum absolute atomic E-state index is 0.0635. The number of likely N-dealkylation sites (N-methyl/N-ethyl adjacent to an activating group) is 1. The molecule has 0 aliphatic rings. The highest BCUT2D eigenvalue weighted by Gasteiger charge is 2.13. The molecule has 0 fully saturated rings. The smallest absolute Gasteiger partial charge is 0.239 e. The first-order valence-electron chi connectivity index (χ1n) is 5.20. The Morgan fingerprint density at radius 2 is 2.38 bits per heavy atom. The largest absolute Gasteiger partial charge is 0.394 e. The lowest BCUT2D eigenvalue weighted by molar-refractivity contribution is -0.119. The molecule has 1 amide bonds. The van der Waals surface area contributed by atoms with Crippen LogP contribution in [0.4, 0.5) is 11.5 Å². The third-order valence-corrected chi connectivity index (χ3v) is 2.12. The lowest BCUT2D eigenvalue weighted by Crippen LogP contribution is -2.37. The summed E-state index contributed by atoms with van der Waals surface area (Å²) in [4.78, 5) is 21.1. The van der Waals surface area contributed by atoms with Crippen molar-refractivity contribution >= 4 is 17.4 Å². The van der Waals surface area contributed by atoms with Gasteiger partial charge in [0, 0.05) is 13.6 Å². The van der Waals surface area contributed by atoms with Gasteiger partial charge < -0.3 is 16.0 Å². The highest BCUT2D eigenvalue weighted by Crippen LogP contribution is 2.17. The monoisotopic (exact) mass is 223 g/mol. The van der Waals surface area contributed by atoms with Crippen LogP contribution in [0, 0.1) is 0 Å².